The lowest BCUT2D eigenvalue weighted by molar-refractivity contribution is 0.660. The summed E-state index contributed by atoms with van der Waals surface area (Å²) in [5, 5.41) is 2.75. The Hall–Kier alpha value is -5.18. The second-order valence-electron chi connectivity index (χ2n) is 15.0. The molecule has 2 unspecified atom stereocenters. The molecule has 2 heterocycles. The smallest absolute Gasteiger partial charge is 0.0626 e. The molecule has 2 aliphatic carbocycles. The van der Waals surface area contributed by atoms with E-state index in [2.05, 4.69) is 178 Å². The van der Waals surface area contributed by atoms with E-state index in [1.807, 2.05) is 11.3 Å². The highest BCUT2D eigenvalue weighted by Crippen LogP contribution is 2.55. The summed E-state index contributed by atoms with van der Waals surface area (Å²) >= 11 is 1.91. The number of rotatable bonds is 3. The van der Waals surface area contributed by atoms with Crippen LogP contribution in [-0.4, -0.2) is 6.04 Å². The molecule has 1 aromatic heterocycles. The zero-order chi connectivity index (χ0) is 33.7. The maximum Gasteiger partial charge on any atom is 0.0626 e. The fourth-order valence-corrected chi connectivity index (χ4v) is 10.2. The highest BCUT2D eigenvalue weighted by molar-refractivity contribution is 7.25. The van der Waals surface area contributed by atoms with Crippen molar-refractivity contribution in [2.24, 2.45) is 5.92 Å². The average molecular weight is 662 g/mol. The van der Waals surface area contributed by atoms with Crippen molar-refractivity contribution in [3.63, 3.8) is 0 Å². The normalized spacial score (nSPS) is 20.0. The van der Waals surface area contributed by atoms with Crippen molar-refractivity contribution in [2.75, 3.05) is 4.90 Å². The zero-order valence-electron chi connectivity index (χ0n) is 28.9. The first kappa shape index (κ1) is 29.7. The summed E-state index contributed by atoms with van der Waals surface area (Å²) in [6.07, 6.45) is 7.53. The molecule has 0 saturated carbocycles. The van der Waals surface area contributed by atoms with E-state index in [0.29, 0.717) is 5.92 Å². The molecule has 0 spiro atoms. The number of allylic oxidation sites excluding steroid dienone is 2. The number of fused-ring (bicyclic) bond motifs is 9. The first-order valence-corrected chi connectivity index (χ1v) is 18.7. The van der Waals surface area contributed by atoms with E-state index in [1.54, 1.807) is 0 Å². The van der Waals surface area contributed by atoms with Gasteiger partial charge in [0.05, 0.1) is 6.04 Å². The summed E-state index contributed by atoms with van der Waals surface area (Å²) in [6, 6.07) is 48.1. The van der Waals surface area contributed by atoms with Gasteiger partial charge in [-0.15, -0.1) is 11.3 Å². The van der Waals surface area contributed by atoms with Crippen LogP contribution in [0.5, 0.6) is 0 Å². The Kier molecular flexibility index (Phi) is 6.48. The summed E-state index contributed by atoms with van der Waals surface area (Å²) in [5.74, 6) is 0.547. The lowest BCUT2D eigenvalue weighted by atomic mass is 9.82. The maximum atomic E-state index is 2.63. The average Bonchev–Trinajstić information content (AvgIpc) is 3.68. The van der Waals surface area contributed by atoms with Crippen molar-refractivity contribution in [2.45, 2.75) is 45.1 Å². The molecule has 10 rings (SSSR count). The van der Waals surface area contributed by atoms with Gasteiger partial charge in [0.2, 0.25) is 0 Å². The van der Waals surface area contributed by atoms with E-state index < -0.39 is 0 Å². The van der Waals surface area contributed by atoms with Crippen LogP contribution in [0.25, 0.3) is 48.0 Å². The van der Waals surface area contributed by atoms with Gasteiger partial charge in [-0.25, -0.2) is 0 Å². The molecular weight excluding hydrogens is 623 g/mol. The summed E-state index contributed by atoms with van der Waals surface area (Å²) in [5.41, 5.74) is 16.1. The number of hydrogen-bond acceptors (Lipinski definition) is 2. The number of benzene rings is 6. The molecule has 242 valence electrons. The SMILES string of the molecule is Cc1ccccc1C1=CC2c3cc(-c4ccccc4)ccc3N(c3ccc4c(c3)C(C)(C)c3cc5c(cc3-4)sc3ccccc35)C2C=C[C@H]1C. The Labute approximate surface area is 298 Å². The number of aryl methyl sites for hydroxylation is 1. The number of thiophene rings is 1. The van der Waals surface area contributed by atoms with Crippen LogP contribution in [0.2, 0.25) is 0 Å². The number of anilines is 2. The Morgan fingerprint density at radius 2 is 1.40 bits per heavy atom. The molecule has 6 aromatic carbocycles. The first-order valence-electron chi connectivity index (χ1n) is 17.9. The monoisotopic (exact) mass is 661 g/mol. The van der Waals surface area contributed by atoms with E-state index in [1.165, 1.54) is 87.2 Å². The molecule has 2 heteroatoms. The highest BCUT2D eigenvalue weighted by atomic mass is 32.1. The van der Waals surface area contributed by atoms with Crippen LogP contribution in [0, 0.1) is 12.8 Å². The van der Waals surface area contributed by atoms with Crippen molar-refractivity contribution in [3.8, 4) is 22.3 Å². The third kappa shape index (κ3) is 4.31. The van der Waals surface area contributed by atoms with Gasteiger partial charge in [-0.1, -0.05) is 124 Å². The third-order valence-electron chi connectivity index (χ3n) is 11.8. The molecule has 0 radical (unpaired) electrons. The van der Waals surface area contributed by atoms with Gasteiger partial charge < -0.3 is 4.90 Å². The molecule has 1 nitrogen and oxygen atoms in total. The predicted molar refractivity (Wildman–Crippen MR) is 215 cm³/mol. The summed E-state index contributed by atoms with van der Waals surface area (Å²) in [7, 11) is 0. The first-order chi connectivity index (χ1) is 24.4. The molecule has 0 N–H and O–H groups in total. The Bertz CT molecular complexity index is 2560. The van der Waals surface area contributed by atoms with Crippen LogP contribution < -0.4 is 4.90 Å². The van der Waals surface area contributed by atoms with Crippen LogP contribution in [0.4, 0.5) is 11.4 Å². The van der Waals surface area contributed by atoms with Crippen LogP contribution in [0.1, 0.15) is 54.5 Å². The van der Waals surface area contributed by atoms with Gasteiger partial charge in [-0.3, -0.25) is 0 Å². The predicted octanol–water partition coefficient (Wildman–Crippen LogP) is 13.2. The fraction of sp³-hybridized carbons (Fsp3) is 0.167. The van der Waals surface area contributed by atoms with Gasteiger partial charge in [0.15, 0.2) is 0 Å². The van der Waals surface area contributed by atoms with E-state index >= 15 is 0 Å². The Balaban J connectivity index is 1.14. The molecule has 3 atom stereocenters. The molecule has 50 heavy (non-hydrogen) atoms. The van der Waals surface area contributed by atoms with Crippen LogP contribution in [0.15, 0.2) is 146 Å². The van der Waals surface area contributed by atoms with Gasteiger partial charge in [0, 0.05) is 42.9 Å². The van der Waals surface area contributed by atoms with Gasteiger partial charge in [-0.05, 0) is 111 Å². The minimum absolute atomic E-state index is 0.108. The van der Waals surface area contributed by atoms with Gasteiger partial charge in [0.1, 0.15) is 0 Å². The third-order valence-corrected chi connectivity index (χ3v) is 12.9. The topological polar surface area (TPSA) is 3.24 Å². The quantitative estimate of drug-likeness (QED) is 0.170. The van der Waals surface area contributed by atoms with Crippen molar-refractivity contribution in [3.05, 3.63) is 173 Å². The van der Waals surface area contributed by atoms with Crippen molar-refractivity contribution in [1.82, 2.24) is 0 Å². The van der Waals surface area contributed by atoms with Crippen molar-refractivity contribution < 1.29 is 0 Å². The molecule has 0 amide bonds. The van der Waals surface area contributed by atoms with Gasteiger partial charge >= 0.3 is 0 Å². The van der Waals surface area contributed by atoms with Crippen LogP contribution >= 0.6 is 11.3 Å². The molecule has 1 aliphatic heterocycles. The van der Waals surface area contributed by atoms with E-state index in [-0.39, 0.29) is 17.4 Å². The van der Waals surface area contributed by atoms with E-state index in [0.717, 1.165) is 0 Å². The minimum atomic E-state index is -0.108. The Morgan fingerprint density at radius 3 is 2.26 bits per heavy atom. The van der Waals surface area contributed by atoms with Crippen molar-refractivity contribution in [1.29, 1.82) is 0 Å². The molecule has 0 bridgehead atoms. The lowest BCUT2D eigenvalue weighted by Gasteiger charge is -2.29. The van der Waals surface area contributed by atoms with Crippen LogP contribution in [-0.2, 0) is 5.41 Å². The van der Waals surface area contributed by atoms with E-state index in [9.17, 15) is 0 Å². The summed E-state index contributed by atoms with van der Waals surface area (Å²) < 4.78 is 2.74. The van der Waals surface area contributed by atoms with Crippen molar-refractivity contribution >= 4 is 48.5 Å². The number of hydrogen-bond donors (Lipinski definition) is 0. The summed E-state index contributed by atoms with van der Waals surface area (Å²) in [6.45, 7) is 9.43. The van der Waals surface area contributed by atoms with E-state index in [4.69, 9.17) is 0 Å². The largest absolute Gasteiger partial charge is 0.333 e. The minimum Gasteiger partial charge on any atom is -0.333 e. The molecule has 3 aliphatic rings. The molecule has 7 aromatic rings. The molecule has 0 saturated heterocycles. The Morgan fingerprint density at radius 1 is 0.620 bits per heavy atom. The lowest BCUT2D eigenvalue weighted by Crippen LogP contribution is -2.27. The van der Waals surface area contributed by atoms with Gasteiger partial charge in [-0.2, -0.15) is 0 Å². The maximum absolute atomic E-state index is 2.63. The molecular formula is C48H39NS. The van der Waals surface area contributed by atoms with Gasteiger partial charge in [0.25, 0.3) is 0 Å². The second-order valence-corrected chi connectivity index (χ2v) is 16.1. The highest BCUT2D eigenvalue weighted by Gasteiger charge is 2.41. The standard InChI is InChI=1S/C48H39NS/c1-29-12-8-9-15-34(29)37-26-40-39-24-32(31-13-6-5-7-14-31)19-23-45(39)49(44(40)22-18-30(37)2)33-20-21-35-38-28-47-41(36-16-10-11-17-46(36)50-47)27-43(38)48(3,4)42(35)25-33/h5-28,30,40,44H,1-4H3/t30-,40?,44?/m1/s1. The second kappa shape index (κ2) is 10.9. The fourth-order valence-electron chi connectivity index (χ4n) is 9.11. The molecule has 0 fully saturated rings. The number of nitrogens with zero attached hydrogens (tertiary/aromatic N) is 1. The zero-order valence-corrected chi connectivity index (χ0v) is 29.8. The van der Waals surface area contributed by atoms with Crippen LogP contribution in [0.3, 0.4) is 0 Å². The summed E-state index contributed by atoms with van der Waals surface area (Å²) in [4.78, 5) is 2.63.